The molecule has 6 heteroatoms. The second kappa shape index (κ2) is 8.23. The van der Waals surface area contributed by atoms with E-state index in [9.17, 15) is 14.0 Å². The van der Waals surface area contributed by atoms with E-state index in [-0.39, 0.29) is 17.6 Å². The lowest BCUT2D eigenvalue weighted by Crippen LogP contribution is -2.53. The Bertz CT molecular complexity index is 875. The number of para-hydroxylation sites is 1. The summed E-state index contributed by atoms with van der Waals surface area (Å²) in [6.07, 6.45) is 1.96. The number of rotatable bonds is 6. The molecule has 0 bridgehead atoms. The molecule has 0 aromatic heterocycles. The molecule has 1 N–H and O–H groups in total. The van der Waals surface area contributed by atoms with Crippen LogP contribution in [0.25, 0.3) is 0 Å². The van der Waals surface area contributed by atoms with Crippen molar-refractivity contribution in [2.75, 3.05) is 37.6 Å². The van der Waals surface area contributed by atoms with Gasteiger partial charge in [-0.15, -0.1) is 0 Å². The number of halogens is 1. The van der Waals surface area contributed by atoms with Gasteiger partial charge in [0.05, 0.1) is 5.69 Å². The Morgan fingerprint density at radius 1 is 0.931 bits per heavy atom. The average molecular weight is 395 g/mol. The lowest BCUT2D eigenvalue weighted by Gasteiger charge is -2.37. The molecule has 2 aromatic carbocycles. The quantitative estimate of drug-likeness (QED) is 0.765. The van der Waals surface area contributed by atoms with E-state index in [1.807, 2.05) is 41.3 Å². The van der Waals surface area contributed by atoms with Gasteiger partial charge in [-0.2, -0.15) is 0 Å². The molecule has 4 rings (SSSR count). The number of amides is 2. The molecule has 0 atom stereocenters. The van der Waals surface area contributed by atoms with Crippen molar-refractivity contribution in [1.29, 1.82) is 0 Å². The van der Waals surface area contributed by atoms with Crippen LogP contribution in [0, 0.1) is 11.2 Å². The minimum Gasteiger partial charge on any atom is -0.366 e. The second-order valence-corrected chi connectivity index (χ2v) is 7.80. The maximum absolute atomic E-state index is 14.0. The fourth-order valence-corrected chi connectivity index (χ4v) is 3.96. The number of nitrogens with one attached hydrogen (secondary N) is 1. The van der Waals surface area contributed by atoms with Gasteiger partial charge < -0.3 is 15.1 Å². The van der Waals surface area contributed by atoms with E-state index in [1.165, 1.54) is 6.07 Å². The van der Waals surface area contributed by atoms with E-state index < -0.39 is 5.41 Å². The molecule has 1 aliphatic heterocycles. The number of hydrogen-bond acceptors (Lipinski definition) is 3. The number of anilines is 1. The summed E-state index contributed by atoms with van der Waals surface area (Å²) in [7, 11) is 0. The third-order valence-corrected chi connectivity index (χ3v) is 5.90. The van der Waals surface area contributed by atoms with E-state index in [0.29, 0.717) is 51.3 Å². The molecule has 1 saturated carbocycles. The summed E-state index contributed by atoms with van der Waals surface area (Å²) in [6, 6.07) is 16.7. The summed E-state index contributed by atoms with van der Waals surface area (Å²) in [5.41, 5.74) is 0.837. The highest BCUT2D eigenvalue weighted by molar-refractivity contribution is 6.07. The van der Waals surface area contributed by atoms with E-state index in [2.05, 4.69) is 5.32 Å². The number of carbonyl (C=O) groups excluding carboxylic acids is 2. The van der Waals surface area contributed by atoms with Crippen LogP contribution in [0.15, 0.2) is 54.6 Å². The van der Waals surface area contributed by atoms with E-state index in [0.717, 1.165) is 12.0 Å². The van der Waals surface area contributed by atoms with Crippen LogP contribution in [-0.4, -0.2) is 49.4 Å². The highest BCUT2D eigenvalue weighted by Crippen LogP contribution is 2.47. The predicted molar refractivity (Wildman–Crippen MR) is 110 cm³/mol. The Morgan fingerprint density at radius 3 is 2.24 bits per heavy atom. The molecule has 0 spiro atoms. The van der Waals surface area contributed by atoms with Crippen molar-refractivity contribution in [3.05, 3.63) is 66.0 Å². The van der Waals surface area contributed by atoms with Crippen LogP contribution in [0.1, 0.15) is 18.4 Å². The van der Waals surface area contributed by atoms with Crippen LogP contribution < -0.4 is 10.2 Å². The third-order valence-electron chi connectivity index (χ3n) is 5.90. The number of benzene rings is 2. The van der Waals surface area contributed by atoms with Crippen LogP contribution >= 0.6 is 0 Å². The minimum atomic E-state index is -0.892. The van der Waals surface area contributed by atoms with Crippen LogP contribution in [0.3, 0.4) is 0 Å². The third kappa shape index (κ3) is 4.11. The van der Waals surface area contributed by atoms with Gasteiger partial charge in [0.2, 0.25) is 11.8 Å². The molecule has 29 heavy (non-hydrogen) atoms. The first kappa shape index (κ1) is 19.4. The topological polar surface area (TPSA) is 52.7 Å². The van der Waals surface area contributed by atoms with Crippen molar-refractivity contribution in [1.82, 2.24) is 10.2 Å². The zero-order chi connectivity index (χ0) is 20.3. The monoisotopic (exact) mass is 395 g/mol. The minimum absolute atomic E-state index is 0.0807. The van der Waals surface area contributed by atoms with Crippen LogP contribution in [0.4, 0.5) is 10.1 Å². The summed E-state index contributed by atoms with van der Waals surface area (Å²) >= 11 is 0. The van der Waals surface area contributed by atoms with Gasteiger partial charge in [0.1, 0.15) is 11.2 Å². The molecule has 1 heterocycles. The predicted octanol–water partition coefficient (Wildman–Crippen LogP) is 2.61. The first-order chi connectivity index (χ1) is 14.1. The molecule has 1 aliphatic carbocycles. The zero-order valence-electron chi connectivity index (χ0n) is 16.4. The molecule has 2 fully saturated rings. The Labute approximate surface area is 170 Å². The maximum atomic E-state index is 14.0. The van der Waals surface area contributed by atoms with Crippen molar-refractivity contribution in [3.63, 3.8) is 0 Å². The lowest BCUT2D eigenvalue weighted by atomic mass is 10.0. The molecule has 1 saturated heterocycles. The molecule has 0 unspecified atom stereocenters. The van der Waals surface area contributed by atoms with Gasteiger partial charge in [0, 0.05) is 32.7 Å². The maximum Gasteiger partial charge on any atom is 0.238 e. The van der Waals surface area contributed by atoms with E-state index >= 15 is 0 Å². The van der Waals surface area contributed by atoms with Gasteiger partial charge in [0.25, 0.3) is 0 Å². The Balaban J connectivity index is 1.30. The van der Waals surface area contributed by atoms with Gasteiger partial charge in [0.15, 0.2) is 0 Å². The summed E-state index contributed by atoms with van der Waals surface area (Å²) in [5, 5.41) is 2.95. The van der Waals surface area contributed by atoms with Gasteiger partial charge >= 0.3 is 0 Å². The number of nitrogens with zero attached hydrogens (tertiary/aromatic N) is 2. The second-order valence-electron chi connectivity index (χ2n) is 7.80. The summed E-state index contributed by atoms with van der Waals surface area (Å²) in [5.74, 6) is -0.485. The normalized spacial score (nSPS) is 17.7. The molecule has 2 aliphatic rings. The van der Waals surface area contributed by atoms with E-state index in [4.69, 9.17) is 0 Å². The van der Waals surface area contributed by atoms with Crippen molar-refractivity contribution in [2.24, 2.45) is 5.41 Å². The SMILES string of the molecule is O=C(NCCc1ccccc1)C1(C(=O)N2CCN(c3ccccc3F)CC2)CC1. The van der Waals surface area contributed by atoms with E-state index in [1.54, 1.807) is 17.0 Å². The number of piperazine rings is 1. The highest BCUT2D eigenvalue weighted by atomic mass is 19.1. The molecule has 0 radical (unpaired) electrons. The van der Waals surface area contributed by atoms with Crippen LogP contribution in [0.5, 0.6) is 0 Å². The van der Waals surface area contributed by atoms with Crippen LogP contribution in [0.2, 0.25) is 0 Å². The molecular weight excluding hydrogens is 369 g/mol. The van der Waals surface area contributed by atoms with Gasteiger partial charge in [-0.25, -0.2) is 4.39 Å². The van der Waals surface area contributed by atoms with Crippen molar-refractivity contribution in [3.8, 4) is 0 Å². The summed E-state index contributed by atoms with van der Waals surface area (Å²) in [6.45, 7) is 2.67. The standard InChI is InChI=1S/C23H26FN3O2/c24-19-8-4-5-9-20(19)26-14-16-27(17-15-26)22(29)23(11-12-23)21(28)25-13-10-18-6-2-1-3-7-18/h1-9H,10-17H2,(H,25,28). The molecular formula is C23H26FN3O2. The first-order valence-corrected chi connectivity index (χ1v) is 10.2. The summed E-state index contributed by atoms with van der Waals surface area (Å²) in [4.78, 5) is 29.5. The van der Waals surface area contributed by atoms with Crippen LogP contribution in [-0.2, 0) is 16.0 Å². The van der Waals surface area contributed by atoms with Crippen molar-refractivity contribution < 1.29 is 14.0 Å². The Kier molecular flexibility index (Phi) is 5.51. The Morgan fingerprint density at radius 2 is 1.59 bits per heavy atom. The molecule has 2 amide bonds. The van der Waals surface area contributed by atoms with Gasteiger partial charge in [-0.05, 0) is 37.0 Å². The van der Waals surface area contributed by atoms with Crippen molar-refractivity contribution in [2.45, 2.75) is 19.3 Å². The smallest absolute Gasteiger partial charge is 0.238 e. The number of hydrogen-bond donors (Lipinski definition) is 1. The molecule has 152 valence electrons. The average Bonchev–Trinajstić information content (AvgIpc) is 3.57. The fourth-order valence-electron chi connectivity index (χ4n) is 3.96. The zero-order valence-corrected chi connectivity index (χ0v) is 16.4. The van der Waals surface area contributed by atoms with Crippen molar-refractivity contribution >= 4 is 17.5 Å². The van der Waals surface area contributed by atoms with Gasteiger partial charge in [-0.3, -0.25) is 9.59 Å². The number of carbonyl (C=O) groups is 2. The Hall–Kier alpha value is -2.89. The molecule has 2 aromatic rings. The largest absolute Gasteiger partial charge is 0.366 e. The summed E-state index contributed by atoms with van der Waals surface area (Å²) < 4.78 is 14.0. The first-order valence-electron chi connectivity index (χ1n) is 10.2. The lowest BCUT2D eigenvalue weighted by molar-refractivity contribution is -0.144. The highest BCUT2D eigenvalue weighted by Gasteiger charge is 2.58. The fraction of sp³-hybridized carbons (Fsp3) is 0.391. The van der Waals surface area contributed by atoms with Gasteiger partial charge in [-0.1, -0.05) is 42.5 Å². The molecule has 5 nitrogen and oxygen atoms in total.